The molecule has 2 fully saturated rings. The fourth-order valence-electron chi connectivity index (χ4n) is 3.44. The van der Waals surface area contributed by atoms with E-state index in [0.29, 0.717) is 23.5 Å². The van der Waals surface area contributed by atoms with Crippen molar-refractivity contribution >= 4 is 23.4 Å². The molecule has 0 unspecified atom stereocenters. The van der Waals surface area contributed by atoms with E-state index in [1.165, 1.54) is 0 Å². The molecule has 1 amide bonds. The van der Waals surface area contributed by atoms with Gasteiger partial charge in [0.1, 0.15) is 0 Å². The lowest BCUT2D eigenvalue weighted by Crippen LogP contribution is -2.40. The number of primary amides is 1. The smallest absolute Gasteiger partial charge is 0.224 e. The number of ether oxygens (including phenoxy) is 1. The Bertz CT molecular complexity index is 609. The van der Waals surface area contributed by atoms with Gasteiger partial charge in [-0.2, -0.15) is 4.98 Å². The molecule has 2 aliphatic rings. The number of nitrogens with one attached hydrogen (secondary N) is 2. The van der Waals surface area contributed by atoms with E-state index in [-0.39, 0.29) is 11.9 Å². The molecule has 0 spiro atoms. The Balaban J connectivity index is 1.60. The van der Waals surface area contributed by atoms with Crippen LogP contribution in [-0.4, -0.2) is 41.2 Å². The number of carbonyl (C=O) groups excluding carboxylic acids is 1. The summed E-state index contributed by atoms with van der Waals surface area (Å²) in [6.45, 7) is 3.47. The Kier molecular flexibility index (Phi) is 5.27. The van der Waals surface area contributed by atoms with Gasteiger partial charge in [-0.05, 0) is 38.5 Å². The highest BCUT2D eigenvalue weighted by Crippen LogP contribution is 2.36. The number of anilines is 3. The third kappa shape index (κ3) is 4.31. The predicted octanol–water partition coefficient (Wildman–Crippen LogP) is 1.50. The molecule has 1 aliphatic heterocycles. The van der Waals surface area contributed by atoms with Crippen LogP contribution >= 0.6 is 0 Å². The summed E-state index contributed by atoms with van der Waals surface area (Å²) in [4.78, 5) is 20.4. The van der Waals surface area contributed by atoms with Gasteiger partial charge in [0.05, 0.1) is 11.9 Å². The lowest BCUT2D eigenvalue weighted by Gasteiger charge is -2.35. The van der Waals surface area contributed by atoms with E-state index in [1.807, 2.05) is 6.92 Å². The first-order valence-electron chi connectivity index (χ1n) is 8.99. The van der Waals surface area contributed by atoms with Crippen LogP contribution in [0.25, 0.3) is 0 Å². The fourth-order valence-corrected chi connectivity index (χ4v) is 3.44. The first-order valence-corrected chi connectivity index (χ1v) is 8.99. The average Bonchev–Trinajstić information content (AvgIpc) is 2.61. The molecule has 0 radical (unpaired) electrons. The molecule has 0 atom stereocenters. The molecule has 1 aromatic rings. The van der Waals surface area contributed by atoms with Crippen LogP contribution in [-0.2, 0) is 9.53 Å². The van der Waals surface area contributed by atoms with Crippen LogP contribution in [0.3, 0.4) is 0 Å². The summed E-state index contributed by atoms with van der Waals surface area (Å²) in [6.07, 6.45) is 6.82. The van der Waals surface area contributed by atoms with Crippen molar-refractivity contribution in [2.75, 3.05) is 29.6 Å². The Labute approximate surface area is 148 Å². The van der Waals surface area contributed by atoms with Crippen molar-refractivity contribution in [2.45, 2.75) is 57.5 Å². The lowest BCUT2D eigenvalue weighted by atomic mass is 9.73. The number of rotatable bonds is 5. The Morgan fingerprint density at radius 1 is 1.20 bits per heavy atom. The molecule has 0 bridgehead atoms. The maximum atomic E-state index is 11.6. The number of amides is 1. The van der Waals surface area contributed by atoms with Crippen LogP contribution in [0.15, 0.2) is 6.20 Å². The van der Waals surface area contributed by atoms with Crippen LogP contribution in [0.1, 0.15) is 45.4 Å². The van der Waals surface area contributed by atoms with Gasteiger partial charge in [0.2, 0.25) is 11.9 Å². The number of hydrogen-bond donors (Lipinski definition) is 4. The highest BCUT2D eigenvalue weighted by atomic mass is 16.5. The first kappa shape index (κ1) is 17.7. The second-order valence-electron chi connectivity index (χ2n) is 7.37. The summed E-state index contributed by atoms with van der Waals surface area (Å²) < 4.78 is 5.37. The van der Waals surface area contributed by atoms with Gasteiger partial charge in [0, 0.05) is 30.7 Å². The van der Waals surface area contributed by atoms with Gasteiger partial charge < -0.3 is 26.8 Å². The van der Waals surface area contributed by atoms with E-state index in [1.54, 1.807) is 6.20 Å². The van der Waals surface area contributed by atoms with Gasteiger partial charge in [-0.15, -0.1) is 0 Å². The molecule has 8 nitrogen and oxygen atoms in total. The summed E-state index contributed by atoms with van der Waals surface area (Å²) in [5.41, 5.74) is 11.7. The van der Waals surface area contributed by atoms with Crippen LogP contribution in [0, 0.1) is 5.41 Å². The summed E-state index contributed by atoms with van der Waals surface area (Å²) in [6, 6.07) is 0.566. The number of nitrogen functional groups attached to an aromatic ring is 1. The van der Waals surface area contributed by atoms with Gasteiger partial charge in [-0.1, -0.05) is 6.92 Å². The molecule has 8 heteroatoms. The van der Waals surface area contributed by atoms with E-state index in [2.05, 4.69) is 20.6 Å². The number of nitrogens with zero attached hydrogens (tertiary/aromatic N) is 2. The van der Waals surface area contributed by atoms with Crippen molar-refractivity contribution in [1.29, 1.82) is 0 Å². The van der Waals surface area contributed by atoms with Crippen LogP contribution in [0.4, 0.5) is 17.5 Å². The highest BCUT2D eigenvalue weighted by Gasteiger charge is 2.36. The highest BCUT2D eigenvalue weighted by molar-refractivity contribution is 5.80. The Morgan fingerprint density at radius 2 is 1.84 bits per heavy atom. The van der Waals surface area contributed by atoms with E-state index in [4.69, 9.17) is 16.2 Å². The second-order valence-corrected chi connectivity index (χ2v) is 7.37. The Hall–Kier alpha value is -2.09. The van der Waals surface area contributed by atoms with E-state index >= 15 is 0 Å². The maximum Gasteiger partial charge on any atom is 0.224 e. The monoisotopic (exact) mass is 348 g/mol. The fraction of sp³-hybridized carbons (Fsp3) is 0.706. The molecule has 1 aliphatic carbocycles. The van der Waals surface area contributed by atoms with Crippen LogP contribution in [0.2, 0.25) is 0 Å². The summed E-state index contributed by atoms with van der Waals surface area (Å²) in [7, 11) is 0. The number of hydrogen-bond acceptors (Lipinski definition) is 7. The van der Waals surface area contributed by atoms with Crippen molar-refractivity contribution in [3.8, 4) is 0 Å². The normalized spacial score (nSPS) is 27.6. The van der Waals surface area contributed by atoms with Gasteiger partial charge in [-0.3, -0.25) is 4.79 Å². The molecular formula is C17H28N6O2. The molecule has 25 heavy (non-hydrogen) atoms. The van der Waals surface area contributed by atoms with Crippen molar-refractivity contribution in [3.63, 3.8) is 0 Å². The summed E-state index contributed by atoms with van der Waals surface area (Å²) in [5, 5.41) is 6.77. The third-order valence-electron chi connectivity index (χ3n) is 5.40. The zero-order chi connectivity index (χ0) is 17.9. The minimum absolute atomic E-state index is 0.213. The minimum atomic E-state index is -0.398. The van der Waals surface area contributed by atoms with E-state index in [9.17, 15) is 4.79 Å². The van der Waals surface area contributed by atoms with Crippen LogP contribution in [0.5, 0.6) is 0 Å². The number of carbonyl (C=O) groups is 1. The zero-order valence-electron chi connectivity index (χ0n) is 14.8. The standard InChI is InChI=1S/C17H28N6O2/c1-17(15(19)24)6-2-11(3-7-17)21-14-13(18)10-20-16(23-14)22-12-4-8-25-9-5-12/h10-12H,2-9,18H2,1H3,(H2,19,24)(H2,20,21,22,23). The predicted molar refractivity (Wildman–Crippen MR) is 97.1 cm³/mol. The number of aromatic nitrogens is 2. The van der Waals surface area contributed by atoms with Crippen molar-refractivity contribution in [1.82, 2.24) is 9.97 Å². The second kappa shape index (κ2) is 7.43. The van der Waals surface area contributed by atoms with Crippen molar-refractivity contribution in [2.24, 2.45) is 11.1 Å². The zero-order valence-corrected chi connectivity index (χ0v) is 14.8. The molecule has 6 N–H and O–H groups in total. The van der Waals surface area contributed by atoms with E-state index in [0.717, 1.165) is 51.7 Å². The Morgan fingerprint density at radius 3 is 2.48 bits per heavy atom. The molecule has 1 saturated carbocycles. The largest absolute Gasteiger partial charge is 0.394 e. The van der Waals surface area contributed by atoms with Crippen molar-refractivity contribution in [3.05, 3.63) is 6.20 Å². The number of nitrogens with two attached hydrogens (primary N) is 2. The lowest BCUT2D eigenvalue weighted by molar-refractivity contribution is -0.128. The van der Waals surface area contributed by atoms with Gasteiger partial charge in [-0.25, -0.2) is 4.98 Å². The molecule has 138 valence electrons. The molecular weight excluding hydrogens is 320 g/mol. The SMILES string of the molecule is CC1(C(N)=O)CCC(Nc2nc(NC3CCOCC3)ncc2N)CC1. The average molecular weight is 348 g/mol. The summed E-state index contributed by atoms with van der Waals surface area (Å²) >= 11 is 0. The molecule has 1 aromatic heterocycles. The first-order chi connectivity index (χ1) is 12.0. The molecule has 2 heterocycles. The van der Waals surface area contributed by atoms with Gasteiger partial charge >= 0.3 is 0 Å². The molecule has 1 saturated heterocycles. The maximum absolute atomic E-state index is 11.6. The van der Waals surface area contributed by atoms with E-state index < -0.39 is 5.41 Å². The minimum Gasteiger partial charge on any atom is -0.394 e. The van der Waals surface area contributed by atoms with Gasteiger partial charge in [0.15, 0.2) is 5.82 Å². The topological polar surface area (TPSA) is 128 Å². The molecule has 3 rings (SSSR count). The van der Waals surface area contributed by atoms with Crippen LogP contribution < -0.4 is 22.1 Å². The quantitative estimate of drug-likeness (QED) is 0.634. The summed E-state index contributed by atoms with van der Waals surface area (Å²) in [5.74, 6) is 1.02. The van der Waals surface area contributed by atoms with Gasteiger partial charge in [0.25, 0.3) is 0 Å². The third-order valence-corrected chi connectivity index (χ3v) is 5.40. The molecule has 0 aromatic carbocycles. The van der Waals surface area contributed by atoms with Crippen molar-refractivity contribution < 1.29 is 9.53 Å².